The minimum absolute atomic E-state index is 0.226. The molecule has 72 valence electrons. The molecule has 0 heterocycles. The third-order valence-corrected chi connectivity index (χ3v) is 2.18. The van der Waals surface area contributed by atoms with Crippen molar-refractivity contribution in [2.45, 2.75) is 27.7 Å². The molecule has 0 aliphatic heterocycles. The first-order valence-electron chi connectivity index (χ1n) is 3.58. The Hall–Kier alpha value is 0.553. The Balaban J connectivity index is 0.000000354. The molecular weight excluding hydrogens is 282 g/mol. The van der Waals surface area contributed by atoms with Gasteiger partial charge in [-0.05, 0) is 0 Å². The van der Waals surface area contributed by atoms with Gasteiger partial charge in [0.1, 0.15) is 0 Å². The van der Waals surface area contributed by atoms with Gasteiger partial charge in [0.05, 0.1) is 0 Å². The molecule has 0 amide bonds. The van der Waals surface area contributed by atoms with E-state index in [0.29, 0.717) is 0 Å². The number of rotatable bonds is 0. The van der Waals surface area contributed by atoms with E-state index in [-0.39, 0.29) is 15.1 Å². The van der Waals surface area contributed by atoms with Crippen LogP contribution in [0.1, 0.15) is 22.3 Å². The maximum absolute atomic E-state index is 4.83. The molecule has 0 nitrogen and oxygen atoms in total. The van der Waals surface area contributed by atoms with Gasteiger partial charge >= 0.3 is 34.5 Å². The third kappa shape index (κ3) is 3.52. The summed E-state index contributed by atoms with van der Waals surface area (Å²) >= 11 is -0.226. The normalized spacial score (nSPS) is 9.50. The summed E-state index contributed by atoms with van der Waals surface area (Å²) in [6, 6.07) is 2.24. The summed E-state index contributed by atoms with van der Waals surface area (Å²) in [6.45, 7) is 8.68. The molecular formula is C9H13Cl2Rh. The standard InChI is InChI=1S/C9H13.2ClH.Rh/c1-6-5-7(2)9(4)8(6)3;;;/h5H,1-4H3;2*1H;/q-1;;;+3/p-2. The van der Waals surface area contributed by atoms with E-state index in [2.05, 4.69) is 33.8 Å². The zero-order valence-electron chi connectivity index (χ0n) is 7.67. The first kappa shape index (κ1) is 12.6. The van der Waals surface area contributed by atoms with Crippen molar-refractivity contribution < 1.29 is 15.1 Å². The fourth-order valence-electron chi connectivity index (χ4n) is 1.13. The molecule has 3 heteroatoms. The van der Waals surface area contributed by atoms with Crippen LogP contribution in [0.5, 0.6) is 0 Å². The Kier molecular flexibility index (Phi) is 6.36. The molecule has 1 rings (SSSR count). The van der Waals surface area contributed by atoms with Gasteiger partial charge in [-0.3, -0.25) is 0 Å². The SMILES string of the molecule is Cc1c[c-](C)c(C)c1C.[Cl][Rh+][Cl]. The van der Waals surface area contributed by atoms with Gasteiger partial charge in [0.15, 0.2) is 0 Å². The Labute approximate surface area is 90.3 Å². The van der Waals surface area contributed by atoms with Gasteiger partial charge < -0.3 is 0 Å². The van der Waals surface area contributed by atoms with Crippen LogP contribution < -0.4 is 0 Å². The summed E-state index contributed by atoms with van der Waals surface area (Å²) in [5.41, 5.74) is 5.75. The quantitative estimate of drug-likeness (QED) is 0.501. The molecule has 0 aliphatic rings. The van der Waals surface area contributed by atoms with E-state index in [4.69, 9.17) is 19.4 Å². The third-order valence-electron chi connectivity index (χ3n) is 2.18. The van der Waals surface area contributed by atoms with Crippen molar-refractivity contribution in [2.75, 3.05) is 0 Å². The molecule has 0 N–H and O–H groups in total. The van der Waals surface area contributed by atoms with Gasteiger partial charge in [-0.15, -0.1) is 0 Å². The number of hydrogen-bond donors (Lipinski definition) is 0. The molecule has 0 atom stereocenters. The Morgan fingerprint density at radius 1 is 1.25 bits per heavy atom. The average molecular weight is 295 g/mol. The van der Waals surface area contributed by atoms with Crippen molar-refractivity contribution in [2.24, 2.45) is 0 Å². The number of aryl methyl sites for hydroxylation is 2. The second kappa shape index (κ2) is 6.08. The molecule has 0 saturated carbocycles. The van der Waals surface area contributed by atoms with Gasteiger partial charge in [-0.2, -0.15) is 28.3 Å². The number of halogens is 2. The first-order valence-corrected chi connectivity index (χ1v) is 7.80. The van der Waals surface area contributed by atoms with Gasteiger partial charge in [-0.1, -0.05) is 27.7 Å². The zero-order valence-corrected chi connectivity index (χ0v) is 10.8. The molecule has 0 spiro atoms. The van der Waals surface area contributed by atoms with E-state index in [1.54, 1.807) is 0 Å². The predicted octanol–water partition coefficient (Wildman–Crippen LogP) is 4.02. The van der Waals surface area contributed by atoms with Crippen LogP contribution in [-0.2, 0) is 15.1 Å². The summed E-state index contributed by atoms with van der Waals surface area (Å²) in [7, 11) is 9.67. The van der Waals surface area contributed by atoms with Crippen LogP contribution in [0.2, 0.25) is 0 Å². The van der Waals surface area contributed by atoms with Crippen molar-refractivity contribution in [3.63, 3.8) is 0 Å². The summed E-state index contributed by atoms with van der Waals surface area (Å²) in [5.74, 6) is 0. The van der Waals surface area contributed by atoms with E-state index >= 15 is 0 Å². The summed E-state index contributed by atoms with van der Waals surface area (Å²) in [5, 5.41) is 0. The van der Waals surface area contributed by atoms with Crippen molar-refractivity contribution >= 4 is 19.4 Å². The second-order valence-electron chi connectivity index (χ2n) is 2.81. The summed E-state index contributed by atoms with van der Waals surface area (Å²) < 4.78 is 0. The molecule has 0 radical (unpaired) electrons. The van der Waals surface area contributed by atoms with Crippen LogP contribution in [0.3, 0.4) is 0 Å². The van der Waals surface area contributed by atoms with Gasteiger partial charge in [-0.25, -0.2) is 0 Å². The molecule has 0 fully saturated rings. The van der Waals surface area contributed by atoms with Crippen molar-refractivity contribution in [3.05, 3.63) is 28.3 Å². The molecule has 0 bridgehead atoms. The molecule has 0 aromatic heterocycles. The van der Waals surface area contributed by atoms with Crippen LogP contribution >= 0.6 is 19.4 Å². The molecule has 12 heavy (non-hydrogen) atoms. The van der Waals surface area contributed by atoms with Gasteiger partial charge in [0, 0.05) is 0 Å². The van der Waals surface area contributed by atoms with Crippen molar-refractivity contribution in [1.82, 2.24) is 0 Å². The Morgan fingerprint density at radius 2 is 1.67 bits per heavy atom. The summed E-state index contributed by atoms with van der Waals surface area (Å²) in [4.78, 5) is 0. The monoisotopic (exact) mass is 294 g/mol. The van der Waals surface area contributed by atoms with Crippen LogP contribution in [0.4, 0.5) is 0 Å². The average Bonchev–Trinajstić information content (AvgIpc) is 2.20. The first-order chi connectivity index (χ1) is 5.54. The zero-order chi connectivity index (χ0) is 9.72. The molecule has 1 aromatic rings. The van der Waals surface area contributed by atoms with E-state index in [9.17, 15) is 0 Å². The second-order valence-corrected chi connectivity index (χ2v) is 5.30. The summed E-state index contributed by atoms with van der Waals surface area (Å²) in [6.07, 6.45) is 0. The number of hydrogen-bond acceptors (Lipinski definition) is 0. The fraction of sp³-hybridized carbons (Fsp3) is 0.444. The van der Waals surface area contributed by atoms with E-state index in [1.807, 2.05) is 0 Å². The fourth-order valence-corrected chi connectivity index (χ4v) is 1.13. The van der Waals surface area contributed by atoms with Gasteiger partial charge in [0.2, 0.25) is 0 Å². The topological polar surface area (TPSA) is 0 Å². The Bertz CT molecular complexity index is 218. The molecule has 1 aromatic carbocycles. The molecule has 0 aliphatic carbocycles. The van der Waals surface area contributed by atoms with Crippen LogP contribution in [0.25, 0.3) is 0 Å². The molecule has 0 unspecified atom stereocenters. The predicted molar refractivity (Wildman–Crippen MR) is 52.7 cm³/mol. The van der Waals surface area contributed by atoms with E-state index in [0.717, 1.165) is 0 Å². The van der Waals surface area contributed by atoms with Crippen molar-refractivity contribution in [1.29, 1.82) is 0 Å². The van der Waals surface area contributed by atoms with Gasteiger partial charge in [0.25, 0.3) is 0 Å². The maximum atomic E-state index is 4.83. The van der Waals surface area contributed by atoms with Crippen LogP contribution in [-0.4, -0.2) is 0 Å². The Morgan fingerprint density at radius 3 is 1.75 bits per heavy atom. The van der Waals surface area contributed by atoms with E-state index < -0.39 is 0 Å². The van der Waals surface area contributed by atoms with Crippen molar-refractivity contribution in [3.8, 4) is 0 Å². The molecule has 0 saturated heterocycles. The van der Waals surface area contributed by atoms with E-state index in [1.165, 1.54) is 22.3 Å². The minimum atomic E-state index is -0.226. The van der Waals surface area contributed by atoms with Crippen LogP contribution in [0.15, 0.2) is 6.07 Å². The van der Waals surface area contributed by atoms with Crippen LogP contribution in [0, 0.1) is 27.7 Å².